The van der Waals surface area contributed by atoms with Crippen molar-refractivity contribution in [3.05, 3.63) is 42.5 Å². The summed E-state index contributed by atoms with van der Waals surface area (Å²) in [5, 5.41) is 4.13. The molecular weight excluding hydrogens is 238 g/mol. The van der Waals surface area contributed by atoms with E-state index in [1.54, 1.807) is 17.3 Å². The lowest BCUT2D eigenvalue weighted by atomic mass is 10.00. The highest BCUT2D eigenvalue weighted by Crippen LogP contribution is 2.33. The van der Waals surface area contributed by atoms with Gasteiger partial charge in [-0.1, -0.05) is 12.1 Å². The molecule has 2 unspecified atom stereocenters. The average Bonchev–Trinajstić information content (AvgIpc) is 3.08. The maximum absolute atomic E-state index is 5.78. The van der Waals surface area contributed by atoms with Crippen LogP contribution >= 0.6 is 0 Å². The second kappa shape index (κ2) is 5.11. The molecule has 1 aromatic carbocycles. The first-order valence-electron chi connectivity index (χ1n) is 6.63. The van der Waals surface area contributed by atoms with Gasteiger partial charge in [0.25, 0.3) is 0 Å². The van der Waals surface area contributed by atoms with E-state index in [-0.39, 0.29) is 0 Å². The number of hydrogen-bond acceptors (Lipinski definition) is 4. The van der Waals surface area contributed by atoms with E-state index >= 15 is 0 Å². The highest BCUT2D eigenvalue weighted by molar-refractivity contribution is 5.34. The van der Waals surface area contributed by atoms with Crippen molar-refractivity contribution in [3.8, 4) is 5.69 Å². The Bertz CT molecular complexity index is 519. The van der Waals surface area contributed by atoms with E-state index in [1.165, 1.54) is 5.56 Å². The Morgan fingerprint density at radius 2 is 2.11 bits per heavy atom. The summed E-state index contributed by atoms with van der Waals surface area (Å²) >= 11 is 0. The number of likely N-dealkylation sites (tertiary alicyclic amines) is 1. The first-order chi connectivity index (χ1) is 9.28. The Hall–Kier alpha value is -1.72. The zero-order chi connectivity index (χ0) is 13.2. The third-order valence-electron chi connectivity index (χ3n) is 3.93. The van der Waals surface area contributed by atoms with E-state index in [1.807, 2.05) is 0 Å². The minimum atomic E-state index is 0.485. The maximum Gasteiger partial charge on any atom is 0.138 e. The summed E-state index contributed by atoms with van der Waals surface area (Å²) in [6.07, 6.45) is 4.40. The second-order valence-electron chi connectivity index (χ2n) is 5.22. The Labute approximate surface area is 113 Å². The van der Waals surface area contributed by atoms with Crippen LogP contribution in [0.4, 0.5) is 0 Å². The molecule has 0 radical (unpaired) electrons. The molecule has 1 saturated heterocycles. The van der Waals surface area contributed by atoms with Crippen molar-refractivity contribution >= 4 is 0 Å². The quantitative estimate of drug-likeness (QED) is 0.898. The highest BCUT2D eigenvalue weighted by atomic mass is 15.3. The SMILES string of the molecule is CN1CC(CN)CC1c1ccc(-n2cncn2)cc1. The van der Waals surface area contributed by atoms with Crippen molar-refractivity contribution in [3.63, 3.8) is 0 Å². The molecule has 0 saturated carbocycles. The monoisotopic (exact) mass is 257 g/mol. The van der Waals surface area contributed by atoms with Gasteiger partial charge in [-0.25, -0.2) is 9.67 Å². The topological polar surface area (TPSA) is 60.0 Å². The Kier molecular flexibility index (Phi) is 3.31. The molecule has 2 N–H and O–H groups in total. The summed E-state index contributed by atoms with van der Waals surface area (Å²) in [6.45, 7) is 1.86. The molecule has 3 rings (SSSR count). The van der Waals surface area contributed by atoms with E-state index < -0.39 is 0 Å². The summed E-state index contributed by atoms with van der Waals surface area (Å²) in [5.41, 5.74) is 8.17. The molecule has 0 amide bonds. The minimum absolute atomic E-state index is 0.485. The van der Waals surface area contributed by atoms with E-state index in [2.05, 4.69) is 46.3 Å². The van der Waals surface area contributed by atoms with Gasteiger partial charge in [-0.2, -0.15) is 5.10 Å². The number of hydrogen-bond donors (Lipinski definition) is 1. The number of rotatable bonds is 3. The van der Waals surface area contributed by atoms with Gasteiger partial charge >= 0.3 is 0 Å². The fourth-order valence-electron chi connectivity index (χ4n) is 2.86. The molecule has 0 spiro atoms. The zero-order valence-corrected chi connectivity index (χ0v) is 11.1. The number of aromatic nitrogens is 3. The predicted octanol–water partition coefficient (Wildman–Crippen LogP) is 1.22. The number of benzene rings is 1. The van der Waals surface area contributed by atoms with Crippen molar-refractivity contribution in [2.24, 2.45) is 11.7 Å². The molecule has 1 fully saturated rings. The van der Waals surface area contributed by atoms with Gasteiger partial charge in [0.05, 0.1) is 5.69 Å². The summed E-state index contributed by atoms with van der Waals surface area (Å²) in [6, 6.07) is 9.02. The molecule has 2 atom stereocenters. The van der Waals surface area contributed by atoms with Crippen molar-refractivity contribution in [1.29, 1.82) is 0 Å². The van der Waals surface area contributed by atoms with Crippen LogP contribution in [0.2, 0.25) is 0 Å². The van der Waals surface area contributed by atoms with Crippen LogP contribution in [0.1, 0.15) is 18.0 Å². The third kappa shape index (κ3) is 2.39. The summed E-state index contributed by atoms with van der Waals surface area (Å²) in [5.74, 6) is 0.616. The molecule has 1 aromatic heterocycles. The standard InChI is InChI=1S/C14H19N5/c1-18-8-11(7-15)6-14(18)12-2-4-13(5-3-12)19-10-16-9-17-19/h2-5,9-11,14H,6-8,15H2,1H3. The van der Waals surface area contributed by atoms with Gasteiger partial charge in [-0.3, -0.25) is 4.90 Å². The van der Waals surface area contributed by atoms with Crippen LogP contribution in [0.3, 0.4) is 0 Å². The molecule has 1 aliphatic rings. The van der Waals surface area contributed by atoms with Gasteiger partial charge in [-0.15, -0.1) is 0 Å². The van der Waals surface area contributed by atoms with Gasteiger partial charge in [0.15, 0.2) is 0 Å². The van der Waals surface area contributed by atoms with Crippen LogP contribution in [-0.4, -0.2) is 39.8 Å². The van der Waals surface area contributed by atoms with Gasteiger partial charge < -0.3 is 5.73 Å². The smallest absolute Gasteiger partial charge is 0.138 e. The van der Waals surface area contributed by atoms with Gasteiger partial charge in [0.2, 0.25) is 0 Å². The maximum atomic E-state index is 5.78. The van der Waals surface area contributed by atoms with Crippen LogP contribution < -0.4 is 5.73 Å². The second-order valence-corrected chi connectivity index (χ2v) is 5.22. The highest BCUT2D eigenvalue weighted by Gasteiger charge is 2.29. The van der Waals surface area contributed by atoms with Crippen LogP contribution in [0.15, 0.2) is 36.9 Å². The molecule has 100 valence electrons. The first-order valence-corrected chi connectivity index (χ1v) is 6.63. The molecule has 19 heavy (non-hydrogen) atoms. The fraction of sp³-hybridized carbons (Fsp3) is 0.429. The Morgan fingerprint density at radius 1 is 1.32 bits per heavy atom. The third-order valence-corrected chi connectivity index (χ3v) is 3.93. The summed E-state index contributed by atoms with van der Waals surface area (Å²) in [7, 11) is 2.17. The van der Waals surface area contributed by atoms with Crippen molar-refractivity contribution < 1.29 is 0 Å². The molecule has 5 heteroatoms. The molecule has 2 heterocycles. The van der Waals surface area contributed by atoms with E-state index in [4.69, 9.17) is 5.73 Å². The lowest BCUT2D eigenvalue weighted by molar-refractivity contribution is 0.313. The van der Waals surface area contributed by atoms with Gasteiger partial charge in [0.1, 0.15) is 12.7 Å². The largest absolute Gasteiger partial charge is 0.330 e. The van der Waals surface area contributed by atoms with Gasteiger partial charge in [-0.05, 0) is 43.6 Å². The molecular formula is C14H19N5. The zero-order valence-electron chi connectivity index (χ0n) is 11.1. The average molecular weight is 257 g/mol. The molecule has 0 aliphatic carbocycles. The van der Waals surface area contributed by atoms with Crippen LogP contribution in [0.25, 0.3) is 5.69 Å². The number of nitrogens with zero attached hydrogens (tertiary/aromatic N) is 4. The normalized spacial score (nSPS) is 23.9. The summed E-state index contributed by atoms with van der Waals surface area (Å²) < 4.78 is 1.77. The van der Waals surface area contributed by atoms with E-state index in [0.717, 1.165) is 25.2 Å². The predicted molar refractivity (Wildman–Crippen MR) is 73.9 cm³/mol. The molecule has 5 nitrogen and oxygen atoms in total. The van der Waals surface area contributed by atoms with Crippen molar-refractivity contribution in [2.45, 2.75) is 12.5 Å². The van der Waals surface area contributed by atoms with Crippen LogP contribution in [0, 0.1) is 5.92 Å². The van der Waals surface area contributed by atoms with Crippen LogP contribution in [-0.2, 0) is 0 Å². The minimum Gasteiger partial charge on any atom is -0.330 e. The van der Waals surface area contributed by atoms with Crippen molar-refractivity contribution in [1.82, 2.24) is 19.7 Å². The van der Waals surface area contributed by atoms with Crippen molar-refractivity contribution in [2.75, 3.05) is 20.1 Å². The van der Waals surface area contributed by atoms with E-state index in [0.29, 0.717) is 12.0 Å². The molecule has 0 bridgehead atoms. The number of nitrogens with two attached hydrogens (primary N) is 1. The van der Waals surface area contributed by atoms with Crippen LogP contribution in [0.5, 0.6) is 0 Å². The fourth-order valence-corrected chi connectivity index (χ4v) is 2.86. The molecule has 1 aliphatic heterocycles. The lowest BCUT2D eigenvalue weighted by Crippen LogP contribution is -2.20. The van der Waals surface area contributed by atoms with Gasteiger partial charge in [0, 0.05) is 12.6 Å². The Balaban J connectivity index is 1.79. The lowest BCUT2D eigenvalue weighted by Gasteiger charge is -2.19. The molecule has 2 aromatic rings. The first kappa shape index (κ1) is 12.3. The summed E-state index contributed by atoms with van der Waals surface area (Å²) in [4.78, 5) is 6.35. The Morgan fingerprint density at radius 3 is 2.68 bits per heavy atom. The van der Waals surface area contributed by atoms with E-state index in [9.17, 15) is 0 Å².